The number of Topliss-reactive ketones (excluding diaryl/α,β-unsaturated/α-hetero) is 1. The minimum Gasteiger partial charge on any atom is -0.507 e. The highest BCUT2D eigenvalue weighted by molar-refractivity contribution is 7.17. The van der Waals surface area contributed by atoms with Crippen molar-refractivity contribution in [2.45, 2.75) is 33.2 Å². The molecular weight excluding hydrogens is 471 g/mol. The number of benzene rings is 2. The van der Waals surface area contributed by atoms with Crippen molar-refractivity contribution >= 4 is 39.9 Å². The maximum absolute atomic E-state index is 14.3. The Bertz CT molecular complexity index is 1380. The third kappa shape index (κ3) is 4.23. The number of carbonyl (C=O) groups is 3. The zero-order chi connectivity index (χ0) is 25.4. The molecule has 0 aliphatic carbocycles. The second kappa shape index (κ2) is 9.42. The lowest BCUT2D eigenvalue weighted by molar-refractivity contribution is -0.132. The standard InChI is InChI=1S/C26H23FN2O5S/c1-5-15-7-10-16(11-8-15)20-19(21(30)17-9-6-13(2)18(27)12-17)22(31)24(32)29(20)26-28-14(3)23(35-26)25(33)34-4/h6-12,20,30H,5H2,1-4H3. The summed E-state index contributed by atoms with van der Waals surface area (Å²) in [6.45, 7) is 5.18. The van der Waals surface area contributed by atoms with Gasteiger partial charge in [-0.2, -0.15) is 0 Å². The van der Waals surface area contributed by atoms with Crippen LogP contribution in [0, 0.1) is 19.7 Å². The summed E-state index contributed by atoms with van der Waals surface area (Å²) < 4.78 is 19.0. The number of esters is 1. The number of ketones is 1. The van der Waals surface area contributed by atoms with Crippen LogP contribution in [-0.4, -0.2) is 34.9 Å². The van der Waals surface area contributed by atoms with E-state index in [9.17, 15) is 23.9 Å². The molecule has 2 aromatic carbocycles. The van der Waals surface area contributed by atoms with Gasteiger partial charge in [-0.15, -0.1) is 0 Å². The Hall–Kier alpha value is -3.85. The van der Waals surface area contributed by atoms with E-state index in [4.69, 9.17) is 4.74 Å². The first-order chi connectivity index (χ1) is 16.7. The average Bonchev–Trinajstić information content (AvgIpc) is 3.36. The lowest BCUT2D eigenvalue weighted by Gasteiger charge is -2.23. The summed E-state index contributed by atoms with van der Waals surface area (Å²) in [6.07, 6.45) is 0.789. The molecule has 2 heterocycles. The molecule has 180 valence electrons. The number of nitrogens with zero attached hydrogens (tertiary/aromatic N) is 2. The Morgan fingerprint density at radius 2 is 1.86 bits per heavy atom. The third-order valence-corrected chi connectivity index (χ3v) is 7.09. The summed E-state index contributed by atoms with van der Waals surface area (Å²) in [7, 11) is 1.24. The van der Waals surface area contributed by atoms with Crippen LogP contribution in [0.5, 0.6) is 0 Å². The van der Waals surface area contributed by atoms with E-state index in [2.05, 4.69) is 4.98 Å². The van der Waals surface area contributed by atoms with Gasteiger partial charge in [-0.25, -0.2) is 14.2 Å². The molecule has 35 heavy (non-hydrogen) atoms. The van der Waals surface area contributed by atoms with E-state index in [-0.39, 0.29) is 21.1 Å². The smallest absolute Gasteiger partial charge is 0.350 e. The summed E-state index contributed by atoms with van der Waals surface area (Å²) in [6, 6.07) is 10.3. The van der Waals surface area contributed by atoms with Gasteiger partial charge in [0.05, 0.1) is 24.4 Å². The highest BCUT2D eigenvalue weighted by Gasteiger charge is 2.48. The van der Waals surface area contributed by atoms with E-state index in [0.29, 0.717) is 16.8 Å². The fourth-order valence-corrected chi connectivity index (χ4v) is 4.96. The lowest BCUT2D eigenvalue weighted by atomic mass is 9.94. The minimum atomic E-state index is -1.03. The van der Waals surface area contributed by atoms with Crippen molar-refractivity contribution < 1.29 is 28.6 Å². The number of aliphatic hydroxyl groups is 1. The first kappa shape index (κ1) is 24.3. The van der Waals surface area contributed by atoms with Gasteiger partial charge in [-0.1, -0.05) is 54.7 Å². The van der Waals surface area contributed by atoms with Crippen LogP contribution in [0.3, 0.4) is 0 Å². The molecule has 4 rings (SSSR count). The highest BCUT2D eigenvalue weighted by Crippen LogP contribution is 2.44. The minimum absolute atomic E-state index is 0.0758. The molecule has 7 nitrogen and oxygen atoms in total. The molecule has 3 aromatic rings. The van der Waals surface area contributed by atoms with Crippen LogP contribution in [0.25, 0.3) is 5.76 Å². The van der Waals surface area contributed by atoms with Crippen molar-refractivity contribution in [2.75, 3.05) is 12.0 Å². The molecule has 0 spiro atoms. The molecular formula is C26H23FN2O5S. The number of carbonyl (C=O) groups excluding carboxylic acids is 3. The van der Waals surface area contributed by atoms with E-state index in [1.54, 1.807) is 26.0 Å². The van der Waals surface area contributed by atoms with Gasteiger partial charge in [0.15, 0.2) is 5.13 Å². The topological polar surface area (TPSA) is 96.8 Å². The molecule has 1 aliphatic rings. The predicted octanol–water partition coefficient (Wildman–Crippen LogP) is 4.87. The van der Waals surface area contributed by atoms with E-state index in [1.165, 1.54) is 24.1 Å². The second-order valence-corrected chi connectivity index (χ2v) is 9.11. The number of thiazole rings is 1. The van der Waals surface area contributed by atoms with Crippen LogP contribution in [0.2, 0.25) is 0 Å². The molecule has 1 amide bonds. The van der Waals surface area contributed by atoms with Crippen LogP contribution < -0.4 is 4.90 Å². The quantitative estimate of drug-likeness (QED) is 0.235. The Morgan fingerprint density at radius 3 is 2.46 bits per heavy atom. The normalized spacial score (nSPS) is 17.2. The maximum Gasteiger partial charge on any atom is 0.350 e. The first-order valence-corrected chi connectivity index (χ1v) is 11.7. The summed E-state index contributed by atoms with van der Waals surface area (Å²) in [5.41, 5.74) is 2.22. The van der Waals surface area contributed by atoms with E-state index < -0.39 is 35.3 Å². The zero-order valence-corrected chi connectivity index (χ0v) is 20.4. The number of hydrogen-bond donors (Lipinski definition) is 1. The van der Waals surface area contributed by atoms with E-state index in [1.807, 2.05) is 19.1 Å². The van der Waals surface area contributed by atoms with Gasteiger partial charge in [0.1, 0.15) is 16.5 Å². The molecule has 1 N–H and O–H groups in total. The third-order valence-electron chi connectivity index (χ3n) is 5.96. The van der Waals surface area contributed by atoms with Crippen molar-refractivity contribution in [2.24, 2.45) is 0 Å². The number of aromatic nitrogens is 1. The van der Waals surface area contributed by atoms with Gasteiger partial charge < -0.3 is 9.84 Å². The lowest BCUT2D eigenvalue weighted by Crippen LogP contribution is -2.29. The SMILES string of the molecule is CCc1ccc(C2C(=C(O)c3ccc(C)c(F)c3)C(=O)C(=O)N2c2nc(C)c(C(=O)OC)s2)cc1. The molecule has 1 unspecified atom stereocenters. The van der Waals surface area contributed by atoms with Crippen molar-refractivity contribution in [1.82, 2.24) is 4.98 Å². The van der Waals surface area contributed by atoms with Crippen LogP contribution in [0.4, 0.5) is 9.52 Å². The van der Waals surface area contributed by atoms with Crippen molar-refractivity contribution in [3.05, 3.63) is 86.7 Å². The number of methoxy groups -OCH3 is 1. The van der Waals surface area contributed by atoms with Crippen LogP contribution >= 0.6 is 11.3 Å². The van der Waals surface area contributed by atoms with Crippen LogP contribution in [0.1, 0.15) is 50.6 Å². The van der Waals surface area contributed by atoms with E-state index >= 15 is 0 Å². The van der Waals surface area contributed by atoms with E-state index in [0.717, 1.165) is 29.4 Å². The molecule has 1 saturated heterocycles. The fraction of sp³-hybridized carbons (Fsp3) is 0.231. The first-order valence-electron chi connectivity index (χ1n) is 10.9. The van der Waals surface area contributed by atoms with Crippen LogP contribution in [0.15, 0.2) is 48.0 Å². The molecule has 1 aromatic heterocycles. The Labute approximate surface area is 205 Å². The Kier molecular flexibility index (Phi) is 6.53. The van der Waals surface area contributed by atoms with Gasteiger partial charge in [0, 0.05) is 5.56 Å². The van der Waals surface area contributed by atoms with Crippen molar-refractivity contribution in [3.63, 3.8) is 0 Å². The summed E-state index contributed by atoms with van der Waals surface area (Å²) >= 11 is 0.918. The Balaban J connectivity index is 1.94. The van der Waals surface area contributed by atoms with Crippen molar-refractivity contribution in [1.29, 1.82) is 0 Å². The van der Waals surface area contributed by atoms with Gasteiger partial charge in [0.2, 0.25) is 0 Å². The number of hydrogen-bond acceptors (Lipinski definition) is 7. The number of ether oxygens (including phenoxy) is 1. The monoisotopic (exact) mass is 494 g/mol. The number of aryl methyl sites for hydroxylation is 3. The molecule has 1 atom stereocenters. The highest BCUT2D eigenvalue weighted by atomic mass is 32.1. The molecule has 9 heteroatoms. The number of anilines is 1. The molecule has 0 radical (unpaired) electrons. The molecule has 0 bridgehead atoms. The largest absolute Gasteiger partial charge is 0.507 e. The number of rotatable bonds is 5. The number of aliphatic hydroxyl groups excluding tert-OH is 1. The van der Waals surface area contributed by atoms with Gasteiger partial charge in [-0.3, -0.25) is 14.5 Å². The zero-order valence-electron chi connectivity index (χ0n) is 19.6. The van der Waals surface area contributed by atoms with Gasteiger partial charge in [0.25, 0.3) is 5.78 Å². The number of amides is 1. The fourth-order valence-electron chi connectivity index (χ4n) is 3.94. The Morgan fingerprint density at radius 1 is 1.17 bits per heavy atom. The summed E-state index contributed by atoms with van der Waals surface area (Å²) in [4.78, 5) is 44.3. The summed E-state index contributed by atoms with van der Waals surface area (Å²) in [5, 5.41) is 11.2. The number of halogens is 1. The average molecular weight is 495 g/mol. The van der Waals surface area contributed by atoms with Gasteiger partial charge >= 0.3 is 11.9 Å². The molecule has 1 aliphatic heterocycles. The molecule has 1 fully saturated rings. The second-order valence-electron chi connectivity index (χ2n) is 8.13. The van der Waals surface area contributed by atoms with Crippen molar-refractivity contribution in [3.8, 4) is 0 Å². The van der Waals surface area contributed by atoms with Gasteiger partial charge in [-0.05, 0) is 43.0 Å². The molecule has 0 saturated carbocycles. The summed E-state index contributed by atoms with van der Waals surface area (Å²) in [5.74, 6) is -3.49. The maximum atomic E-state index is 14.3. The predicted molar refractivity (Wildman–Crippen MR) is 130 cm³/mol. The van der Waals surface area contributed by atoms with Crippen LogP contribution in [-0.2, 0) is 20.7 Å².